The average molecular weight is 473 g/mol. The minimum Gasteiger partial charge on any atom is -0.493 e. The molecule has 0 atom stereocenters. The molecule has 0 saturated carbocycles. The second kappa shape index (κ2) is 10.3. The number of anilines is 2. The predicted octanol–water partition coefficient (Wildman–Crippen LogP) is 3.95. The fourth-order valence-electron chi connectivity index (χ4n) is 4.10. The van der Waals surface area contributed by atoms with Crippen molar-refractivity contribution in [1.82, 2.24) is 9.97 Å². The molecule has 4 rings (SSSR count). The first-order valence-corrected chi connectivity index (χ1v) is 11.4. The van der Waals surface area contributed by atoms with Gasteiger partial charge in [-0.1, -0.05) is 6.07 Å². The van der Waals surface area contributed by atoms with Gasteiger partial charge in [0.25, 0.3) is 0 Å². The Bertz CT molecular complexity index is 1280. The maximum absolute atomic E-state index is 11.5. The summed E-state index contributed by atoms with van der Waals surface area (Å²) < 4.78 is 11.6. The summed E-state index contributed by atoms with van der Waals surface area (Å²) in [7, 11) is 1.54. The summed E-state index contributed by atoms with van der Waals surface area (Å²) in [4.78, 5) is 22.8. The van der Waals surface area contributed by atoms with Crippen LogP contribution in [0, 0.1) is 25.2 Å². The Morgan fingerprint density at radius 1 is 1.20 bits per heavy atom. The molecule has 2 aromatic carbocycles. The number of amides is 1. The lowest BCUT2D eigenvalue weighted by Gasteiger charge is -2.34. The SMILES string of the molecule is COc1cc(C#N)cc(C)c1Oc1nc(NC2CCN(c3cccc(C(N)=O)c3)CC2)ncc1C. The van der Waals surface area contributed by atoms with Crippen molar-refractivity contribution in [2.75, 3.05) is 30.4 Å². The van der Waals surface area contributed by atoms with Crippen LogP contribution in [-0.2, 0) is 0 Å². The number of nitriles is 1. The molecule has 0 radical (unpaired) electrons. The molecule has 1 amide bonds. The Morgan fingerprint density at radius 2 is 1.97 bits per heavy atom. The number of carbonyl (C=O) groups excluding carboxylic acids is 1. The lowest BCUT2D eigenvalue weighted by atomic mass is 10.0. The highest BCUT2D eigenvalue weighted by molar-refractivity contribution is 5.93. The van der Waals surface area contributed by atoms with Crippen LogP contribution in [0.3, 0.4) is 0 Å². The number of hydrogen-bond donors (Lipinski definition) is 2. The van der Waals surface area contributed by atoms with Crippen LogP contribution in [0.2, 0.25) is 0 Å². The standard InChI is InChI=1S/C26H28N6O3/c1-16-11-18(14-27)12-22(34-3)23(16)35-25-17(2)15-29-26(31-25)30-20-7-9-32(10-8-20)21-6-4-5-19(13-21)24(28)33/h4-6,11-13,15,20H,7-10H2,1-3H3,(H2,28,33)(H,29,30,31). The lowest BCUT2D eigenvalue weighted by molar-refractivity contribution is 0.100. The minimum atomic E-state index is -0.424. The van der Waals surface area contributed by atoms with Gasteiger partial charge >= 0.3 is 0 Å². The summed E-state index contributed by atoms with van der Waals surface area (Å²) in [6.45, 7) is 5.40. The molecule has 35 heavy (non-hydrogen) atoms. The highest BCUT2D eigenvalue weighted by Gasteiger charge is 2.21. The molecule has 1 aliphatic heterocycles. The molecule has 0 spiro atoms. The fourth-order valence-corrected chi connectivity index (χ4v) is 4.10. The minimum absolute atomic E-state index is 0.201. The predicted molar refractivity (Wildman–Crippen MR) is 133 cm³/mol. The molecule has 3 aromatic rings. The Labute approximate surface area is 204 Å². The van der Waals surface area contributed by atoms with Gasteiger partial charge in [-0.25, -0.2) is 4.98 Å². The summed E-state index contributed by atoms with van der Waals surface area (Å²) in [6.07, 6.45) is 3.49. The third-order valence-corrected chi connectivity index (χ3v) is 6.04. The van der Waals surface area contributed by atoms with E-state index >= 15 is 0 Å². The molecule has 3 N–H and O–H groups in total. The summed E-state index contributed by atoms with van der Waals surface area (Å²) in [5.41, 5.74) is 8.99. The lowest BCUT2D eigenvalue weighted by Crippen LogP contribution is -2.39. The molecular formula is C26H28N6O3. The highest BCUT2D eigenvalue weighted by Crippen LogP contribution is 2.36. The summed E-state index contributed by atoms with van der Waals surface area (Å²) >= 11 is 0. The van der Waals surface area contributed by atoms with Crippen molar-refractivity contribution in [3.05, 3.63) is 64.8 Å². The zero-order valence-corrected chi connectivity index (χ0v) is 20.0. The molecule has 2 heterocycles. The number of nitrogens with zero attached hydrogens (tertiary/aromatic N) is 4. The molecule has 180 valence electrons. The molecule has 0 bridgehead atoms. The monoisotopic (exact) mass is 472 g/mol. The molecule has 1 saturated heterocycles. The number of rotatable bonds is 7. The van der Waals surface area contributed by atoms with Crippen molar-refractivity contribution in [1.29, 1.82) is 5.26 Å². The molecule has 1 aliphatic rings. The molecule has 0 aliphatic carbocycles. The number of methoxy groups -OCH3 is 1. The van der Waals surface area contributed by atoms with E-state index in [0.29, 0.717) is 34.5 Å². The first kappa shape index (κ1) is 23.8. The van der Waals surface area contributed by atoms with Gasteiger partial charge in [0.2, 0.25) is 17.7 Å². The first-order chi connectivity index (χ1) is 16.9. The van der Waals surface area contributed by atoms with Gasteiger partial charge in [0, 0.05) is 48.2 Å². The highest BCUT2D eigenvalue weighted by atomic mass is 16.5. The number of primary amides is 1. The fraction of sp³-hybridized carbons (Fsp3) is 0.308. The van der Waals surface area contributed by atoms with Gasteiger partial charge < -0.3 is 25.4 Å². The summed E-state index contributed by atoms with van der Waals surface area (Å²) in [5.74, 6) is 1.48. The van der Waals surface area contributed by atoms with Crippen LogP contribution in [0.4, 0.5) is 11.6 Å². The molecule has 9 heteroatoms. The van der Waals surface area contributed by atoms with Gasteiger partial charge in [-0.05, 0) is 56.5 Å². The van der Waals surface area contributed by atoms with E-state index in [1.807, 2.05) is 32.0 Å². The van der Waals surface area contributed by atoms with Crippen LogP contribution in [0.5, 0.6) is 17.4 Å². The maximum atomic E-state index is 11.5. The first-order valence-electron chi connectivity index (χ1n) is 11.4. The largest absolute Gasteiger partial charge is 0.493 e. The van der Waals surface area contributed by atoms with E-state index in [0.717, 1.165) is 42.7 Å². The van der Waals surface area contributed by atoms with Crippen LogP contribution in [-0.4, -0.2) is 42.1 Å². The molecule has 1 fully saturated rings. The van der Waals surface area contributed by atoms with Crippen LogP contribution < -0.4 is 25.4 Å². The van der Waals surface area contributed by atoms with Crippen molar-refractivity contribution < 1.29 is 14.3 Å². The Kier molecular flexibility index (Phi) is 7.01. The van der Waals surface area contributed by atoms with Crippen molar-refractivity contribution in [3.8, 4) is 23.4 Å². The Balaban J connectivity index is 1.44. The van der Waals surface area contributed by atoms with E-state index in [9.17, 15) is 10.1 Å². The number of aromatic nitrogens is 2. The Hall–Kier alpha value is -4.32. The van der Waals surface area contributed by atoms with Gasteiger partial charge in [0.1, 0.15) is 0 Å². The van der Waals surface area contributed by atoms with E-state index in [4.69, 9.17) is 15.2 Å². The van der Waals surface area contributed by atoms with E-state index in [2.05, 4.69) is 26.3 Å². The van der Waals surface area contributed by atoms with E-state index < -0.39 is 5.91 Å². The molecule has 1 aromatic heterocycles. The van der Waals surface area contributed by atoms with Gasteiger partial charge in [-0.15, -0.1) is 0 Å². The second-order valence-corrected chi connectivity index (χ2v) is 8.54. The second-order valence-electron chi connectivity index (χ2n) is 8.54. The van der Waals surface area contributed by atoms with Gasteiger partial charge in [-0.3, -0.25) is 4.79 Å². The summed E-state index contributed by atoms with van der Waals surface area (Å²) in [6, 6.07) is 13.1. The van der Waals surface area contributed by atoms with Crippen LogP contribution >= 0.6 is 0 Å². The normalized spacial score (nSPS) is 13.7. The number of aryl methyl sites for hydroxylation is 2. The van der Waals surface area contributed by atoms with E-state index in [-0.39, 0.29) is 6.04 Å². The number of nitrogens with two attached hydrogens (primary N) is 1. The molecule has 9 nitrogen and oxygen atoms in total. The van der Waals surface area contributed by atoms with Gasteiger partial charge in [0.15, 0.2) is 11.5 Å². The van der Waals surface area contributed by atoms with E-state index in [1.165, 1.54) is 0 Å². The van der Waals surface area contributed by atoms with Crippen molar-refractivity contribution in [2.24, 2.45) is 5.73 Å². The van der Waals surface area contributed by atoms with Gasteiger partial charge in [0.05, 0.1) is 18.7 Å². The molecular weight excluding hydrogens is 444 g/mol. The van der Waals surface area contributed by atoms with Crippen LogP contribution in [0.1, 0.15) is 39.9 Å². The van der Waals surface area contributed by atoms with Crippen molar-refractivity contribution in [2.45, 2.75) is 32.7 Å². The number of benzene rings is 2. The Morgan fingerprint density at radius 3 is 2.66 bits per heavy atom. The van der Waals surface area contributed by atoms with Crippen LogP contribution in [0.25, 0.3) is 0 Å². The smallest absolute Gasteiger partial charge is 0.248 e. The molecule has 0 unspecified atom stereocenters. The summed E-state index contributed by atoms with van der Waals surface area (Å²) in [5, 5.41) is 12.6. The van der Waals surface area contributed by atoms with E-state index in [1.54, 1.807) is 31.5 Å². The van der Waals surface area contributed by atoms with Crippen molar-refractivity contribution >= 4 is 17.5 Å². The zero-order valence-electron chi connectivity index (χ0n) is 20.0. The third-order valence-electron chi connectivity index (χ3n) is 6.04. The average Bonchev–Trinajstić information content (AvgIpc) is 2.87. The number of carbonyl (C=O) groups is 1. The maximum Gasteiger partial charge on any atom is 0.248 e. The number of nitrogens with one attached hydrogen (secondary N) is 1. The third kappa shape index (κ3) is 5.44. The number of hydrogen-bond acceptors (Lipinski definition) is 8. The quantitative estimate of drug-likeness (QED) is 0.529. The topological polar surface area (TPSA) is 126 Å². The number of piperidine rings is 1. The van der Waals surface area contributed by atoms with Crippen molar-refractivity contribution in [3.63, 3.8) is 0 Å². The van der Waals surface area contributed by atoms with Gasteiger partial charge in [-0.2, -0.15) is 10.2 Å². The van der Waals surface area contributed by atoms with Crippen LogP contribution in [0.15, 0.2) is 42.6 Å². The number of ether oxygens (including phenoxy) is 2. The zero-order chi connectivity index (χ0) is 24.9.